The third-order valence-corrected chi connectivity index (χ3v) is 12.2. The van der Waals surface area contributed by atoms with Gasteiger partial charge < -0.3 is 9.47 Å². The fourth-order valence-electron chi connectivity index (χ4n) is 9.40. The van der Waals surface area contributed by atoms with Crippen LogP contribution in [-0.4, -0.2) is 4.57 Å². The number of para-hydroxylation sites is 1. The quantitative estimate of drug-likeness (QED) is 0.165. The van der Waals surface area contributed by atoms with Crippen LogP contribution in [0.5, 0.6) is 0 Å². The van der Waals surface area contributed by atoms with Gasteiger partial charge in [0, 0.05) is 38.5 Å². The highest BCUT2D eigenvalue weighted by molar-refractivity contribution is 6.11. The average molecular weight is 729 g/mol. The molecule has 11 rings (SSSR count). The highest BCUT2D eigenvalue weighted by atomic mass is 15.1. The van der Waals surface area contributed by atoms with Crippen LogP contribution >= 0.6 is 0 Å². The topological polar surface area (TPSA) is 8.17 Å². The molecule has 0 bridgehead atoms. The lowest BCUT2D eigenvalue weighted by molar-refractivity contribution is 0.660. The molecular formula is C55H40N2. The van der Waals surface area contributed by atoms with Crippen LogP contribution in [0.4, 0.5) is 17.1 Å². The minimum absolute atomic E-state index is 0.0932. The Labute approximate surface area is 333 Å². The molecule has 1 aliphatic carbocycles. The molecule has 1 heterocycles. The van der Waals surface area contributed by atoms with Gasteiger partial charge in [-0.3, -0.25) is 0 Å². The van der Waals surface area contributed by atoms with Crippen molar-refractivity contribution in [3.63, 3.8) is 0 Å². The third kappa shape index (κ3) is 5.25. The summed E-state index contributed by atoms with van der Waals surface area (Å²) in [5.41, 5.74) is 17.1. The maximum absolute atomic E-state index is 2.44. The van der Waals surface area contributed by atoms with Gasteiger partial charge in [0.15, 0.2) is 0 Å². The minimum Gasteiger partial charge on any atom is -0.310 e. The maximum atomic E-state index is 2.44. The van der Waals surface area contributed by atoms with Crippen LogP contribution in [0.3, 0.4) is 0 Å². The van der Waals surface area contributed by atoms with Gasteiger partial charge in [0.05, 0.1) is 22.4 Å². The Morgan fingerprint density at radius 3 is 1.75 bits per heavy atom. The summed E-state index contributed by atoms with van der Waals surface area (Å²) in [7, 11) is 0. The smallest absolute Gasteiger partial charge is 0.0543 e. The molecule has 0 fully saturated rings. The number of hydrogen-bond acceptors (Lipinski definition) is 1. The summed E-state index contributed by atoms with van der Waals surface area (Å²) in [6.45, 7) is 4.71. The fourth-order valence-corrected chi connectivity index (χ4v) is 9.40. The van der Waals surface area contributed by atoms with Gasteiger partial charge in [0.2, 0.25) is 0 Å². The molecule has 270 valence electrons. The molecule has 0 radical (unpaired) electrons. The Hall–Kier alpha value is -7.16. The van der Waals surface area contributed by atoms with Crippen molar-refractivity contribution < 1.29 is 0 Å². The van der Waals surface area contributed by atoms with Crippen LogP contribution in [0.1, 0.15) is 25.0 Å². The van der Waals surface area contributed by atoms with Gasteiger partial charge in [-0.25, -0.2) is 0 Å². The Bertz CT molecular complexity index is 3130. The van der Waals surface area contributed by atoms with E-state index in [4.69, 9.17) is 0 Å². The van der Waals surface area contributed by atoms with Crippen molar-refractivity contribution in [1.82, 2.24) is 4.57 Å². The minimum atomic E-state index is -0.0932. The van der Waals surface area contributed by atoms with E-state index in [-0.39, 0.29) is 5.41 Å². The number of rotatable bonds is 6. The first-order valence-corrected chi connectivity index (χ1v) is 19.9. The van der Waals surface area contributed by atoms with Gasteiger partial charge >= 0.3 is 0 Å². The van der Waals surface area contributed by atoms with Crippen LogP contribution in [-0.2, 0) is 5.41 Å². The molecule has 9 aromatic carbocycles. The predicted octanol–water partition coefficient (Wildman–Crippen LogP) is 15.0. The second kappa shape index (κ2) is 13.0. The number of aromatic nitrogens is 1. The van der Waals surface area contributed by atoms with Crippen molar-refractivity contribution in [2.45, 2.75) is 19.3 Å². The zero-order valence-electron chi connectivity index (χ0n) is 32.0. The van der Waals surface area contributed by atoms with E-state index in [1.807, 2.05) is 0 Å². The number of nitrogens with zero attached hydrogens (tertiary/aromatic N) is 2. The Kier molecular flexibility index (Phi) is 7.55. The van der Waals surface area contributed by atoms with E-state index in [0.29, 0.717) is 0 Å². The first-order chi connectivity index (χ1) is 28.0. The summed E-state index contributed by atoms with van der Waals surface area (Å²) < 4.78 is 2.43. The number of anilines is 3. The number of hydrogen-bond donors (Lipinski definition) is 0. The van der Waals surface area contributed by atoms with Gasteiger partial charge in [0.25, 0.3) is 0 Å². The molecule has 0 aliphatic heterocycles. The number of fused-ring (bicyclic) bond motifs is 7. The first kappa shape index (κ1) is 33.2. The van der Waals surface area contributed by atoms with Gasteiger partial charge in [0.1, 0.15) is 0 Å². The van der Waals surface area contributed by atoms with Gasteiger partial charge in [-0.05, 0) is 98.9 Å². The molecule has 0 saturated carbocycles. The highest BCUT2D eigenvalue weighted by Crippen LogP contribution is 2.54. The van der Waals surface area contributed by atoms with E-state index >= 15 is 0 Å². The van der Waals surface area contributed by atoms with E-state index in [1.165, 1.54) is 88.5 Å². The summed E-state index contributed by atoms with van der Waals surface area (Å²) in [5, 5.41) is 5.00. The van der Waals surface area contributed by atoms with Gasteiger partial charge in [-0.15, -0.1) is 0 Å². The Morgan fingerprint density at radius 1 is 0.404 bits per heavy atom. The third-order valence-electron chi connectivity index (χ3n) is 12.2. The molecule has 0 N–H and O–H groups in total. The summed E-state index contributed by atoms with van der Waals surface area (Å²) in [6, 6.07) is 75.6. The molecule has 0 unspecified atom stereocenters. The van der Waals surface area contributed by atoms with E-state index in [1.54, 1.807) is 0 Å². The predicted molar refractivity (Wildman–Crippen MR) is 241 cm³/mol. The molecule has 0 amide bonds. The zero-order valence-corrected chi connectivity index (χ0v) is 32.0. The largest absolute Gasteiger partial charge is 0.310 e. The normalized spacial score (nSPS) is 12.9. The van der Waals surface area contributed by atoms with Crippen LogP contribution in [0.15, 0.2) is 206 Å². The lowest BCUT2D eigenvalue weighted by atomic mass is 9.82. The summed E-state index contributed by atoms with van der Waals surface area (Å²) in [5.74, 6) is 0. The van der Waals surface area contributed by atoms with Crippen molar-refractivity contribution in [1.29, 1.82) is 0 Å². The maximum Gasteiger partial charge on any atom is 0.0543 e. The van der Waals surface area contributed by atoms with Gasteiger partial charge in [-0.2, -0.15) is 0 Å². The molecule has 57 heavy (non-hydrogen) atoms. The molecule has 1 aliphatic rings. The molecular weight excluding hydrogens is 689 g/mol. The van der Waals surface area contributed by atoms with Crippen molar-refractivity contribution in [3.05, 3.63) is 217 Å². The second-order valence-electron chi connectivity index (χ2n) is 15.7. The van der Waals surface area contributed by atoms with Crippen LogP contribution in [0.2, 0.25) is 0 Å². The molecule has 0 saturated heterocycles. The summed E-state index contributed by atoms with van der Waals surface area (Å²) >= 11 is 0. The molecule has 2 heteroatoms. The summed E-state index contributed by atoms with van der Waals surface area (Å²) in [4.78, 5) is 2.44. The first-order valence-electron chi connectivity index (χ1n) is 19.9. The standard InChI is InChI=1S/C55H40N2/c1-55(2)48-21-10-8-20-46(48)54-49(55)22-13-25-53(54)56(42-31-26-38(27-32-42)37-14-4-3-5-15-37)43-33-28-39(29-34-43)41-30-35-52-47(36-41)45-19-9-11-23-51(45)57(52)50-24-12-17-40-16-6-7-18-44(40)50/h3-36H,1-2H3. The van der Waals surface area contributed by atoms with Crippen molar-refractivity contribution >= 4 is 49.6 Å². The molecule has 0 atom stereocenters. The van der Waals surface area contributed by atoms with E-state index < -0.39 is 0 Å². The van der Waals surface area contributed by atoms with Crippen molar-refractivity contribution in [3.8, 4) is 39.1 Å². The summed E-state index contributed by atoms with van der Waals surface area (Å²) in [6.07, 6.45) is 0. The van der Waals surface area contributed by atoms with E-state index in [0.717, 1.165) is 11.4 Å². The SMILES string of the molecule is CC1(C)c2ccccc2-c2c(N(c3ccc(-c4ccccc4)cc3)c3ccc(-c4ccc5c(c4)c4ccccc4n5-c4cccc5ccccc45)cc3)cccc21. The van der Waals surface area contributed by atoms with Crippen LogP contribution in [0, 0.1) is 0 Å². The molecule has 10 aromatic rings. The Balaban J connectivity index is 1.04. The zero-order chi connectivity index (χ0) is 38.1. The molecule has 0 spiro atoms. The number of benzene rings is 9. The molecule has 1 aromatic heterocycles. The monoisotopic (exact) mass is 728 g/mol. The van der Waals surface area contributed by atoms with Crippen molar-refractivity contribution in [2.24, 2.45) is 0 Å². The highest BCUT2D eigenvalue weighted by Gasteiger charge is 2.37. The fraction of sp³-hybridized carbons (Fsp3) is 0.0545. The second-order valence-corrected chi connectivity index (χ2v) is 15.7. The lowest BCUT2D eigenvalue weighted by Crippen LogP contribution is -2.16. The lowest BCUT2D eigenvalue weighted by Gasteiger charge is -2.29. The van der Waals surface area contributed by atoms with Crippen LogP contribution in [0.25, 0.3) is 71.6 Å². The Morgan fingerprint density at radius 2 is 0.965 bits per heavy atom. The van der Waals surface area contributed by atoms with Crippen LogP contribution < -0.4 is 4.90 Å². The van der Waals surface area contributed by atoms with Crippen molar-refractivity contribution in [2.75, 3.05) is 4.90 Å². The van der Waals surface area contributed by atoms with E-state index in [9.17, 15) is 0 Å². The van der Waals surface area contributed by atoms with Gasteiger partial charge in [-0.1, -0.05) is 166 Å². The molecule has 2 nitrogen and oxygen atoms in total. The average Bonchev–Trinajstić information content (AvgIpc) is 3.72. The van der Waals surface area contributed by atoms with E-state index in [2.05, 4.69) is 230 Å².